The van der Waals surface area contributed by atoms with E-state index in [9.17, 15) is 19.5 Å². The maximum atomic E-state index is 12.7. The van der Waals surface area contributed by atoms with E-state index in [1.165, 1.54) is 0 Å². The molecule has 2 amide bonds. The van der Waals surface area contributed by atoms with Crippen molar-refractivity contribution in [1.29, 1.82) is 0 Å². The third-order valence-electron chi connectivity index (χ3n) is 5.71. The minimum atomic E-state index is -0.931. The van der Waals surface area contributed by atoms with E-state index in [0.29, 0.717) is 31.5 Å². The second-order valence-electron chi connectivity index (χ2n) is 6.83. The Bertz CT molecular complexity index is 710. The van der Waals surface area contributed by atoms with Crippen molar-refractivity contribution >= 4 is 17.8 Å². The van der Waals surface area contributed by atoms with Gasteiger partial charge in [0.2, 0.25) is 5.91 Å². The van der Waals surface area contributed by atoms with Crippen molar-refractivity contribution in [2.24, 2.45) is 5.92 Å². The summed E-state index contributed by atoms with van der Waals surface area (Å²) in [6, 6.07) is 3.51. The molecule has 2 saturated heterocycles. The number of aromatic nitrogens is 1. The fourth-order valence-electron chi connectivity index (χ4n) is 4.07. The fraction of sp³-hybridized carbons (Fsp3) is 0.556. The Morgan fingerprint density at radius 1 is 1.36 bits per heavy atom. The van der Waals surface area contributed by atoms with Gasteiger partial charge < -0.3 is 14.9 Å². The van der Waals surface area contributed by atoms with Crippen molar-refractivity contribution in [3.63, 3.8) is 0 Å². The molecular formula is C18H23N3O4. The molecule has 3 rings (SSSR count). The fourth-order valence-corrected chi connectivity index (χ4v) is 4.07. The number of carboxylic acid groups (broad SMARTS) is 1. The number of carboxylic acids is 1. The topological polar surface area (TPSA) is 90.8 Å². The summed E-state index contributed by atoms with van der Waals surface area (Å²) >= 11 is 0. The lowest BCUT2D eigenvalue weighted by Gasteiger charge is -2.45. The predicted molar refractivity (Wildman–Crippen MR) is 90.0 cm³/mol. The molecule has 1 aromatic heterocycles. The molecule has 0 aliphatic carbocycles. The largest absolute Gasteiger partial charge is 0.481 e. The molecule has 1 unspecified atom stereocenters. The highest BCUT2D eigenvalue weighted by molar-refractivity contribution is 5.94. The number of amides is 2. The zero-order valence-electron chi connectivity index (χ0n) is 14.6. The first-order valence-corrected chi connectivity index (χ1v) is 8.62. The molecule has 2 fully saturated rings. The van der Waals surface area contributed by atoms with Gasteiger partial charge in [-0.15, -0.1) is 0 Å². The average molecular weight is 345 g/mol. The standard InChI is InChI=1S/C18H23N3O4/c1-3-13-10-12(4-7-19-13)16(23)21-8-5-18(6-9-21)14(17(24)25)11-15(22)20(18)2/h4,7,10,14H,3,5-6,8-9,11H2,1-2H3,(H,24,25). The molecular weight excluding hydrogens is 322 g/mol. The lowest BCUT2D eigenvalue weighted by Crippen LogP contribution is -2.56. The van der Waals surface area contributed by atoms with Crippen LogP contribution in [0.2, 0.25) is 0 Å². The van der Waals surface area contributed by atoms with Crippen LogP contribution in [0.1, 0.15) is 42.2 Å². The highest BCUT2D eigenvalue weighted by Crippen LogP contribution is 2.42. The Morgan fingerprint density at radius 3 is 2.64 bits per heavy atom. The number of aliphatic carboxylic acids is 1. The van der Waals surface area contributed by atoms with Crippen molar-refractivity contribution in [1.82, 2.24) is 14.8 Å². The summed E-state index contributed by atoms with van der Waals surface area (Å²) < 4.78 is 0. The lowest BCUT2D eigenvalue weighted by atomic mass is 9.77. The quantitative estimate of drug-likeness (QED) is 0.888. The number of hydrogen-bond donors (Lipinski definition) is 1. The Kier molecular flexibility index (Phi) is 4.49. The maximum Gasteiger partial charge on any atom is 0.309 e. The molecule has 3 heterocycles. The SMILES string of the molecule is CCc1cc(C(=O)N2CCC3(CC2)C(C(=O)O)CC(=O)N3C)ccn1. The number of pyridine rings is 1. The molecule has 7 heteroatoms. The van der Waals surface area contributed by atoms with E-state index < -0.39 is 17.4 Å². The zero-order chi connectivity index (χ0) is 18.2. The highest BCUT2D eigenvalue weighted by atomic mass is 16.4. The minimum Gasteiger partial charge on any atom is -0.481 e. The van der Waals surface area contributed by atoms with Crippen LogP contribution in [0.3, 0.4) is 0 Å². The van der Waals surface area contributed by atoms with Crippen molar-refractivity contribution in [3.05, 3.63) is 29.6 Å². The second kappa shape index (κ2) is 6.46. The second-order valence-corrected chi connectivity index (χ2v) is 6.83. The number of hydrogen-bond acceptors (Lipinski definition) is 4. The summed E-state index contributed by atoms with van der Waals surface area (Å²) in [5, 5.41) is 9.51. The van der Waals surface area contributed by atoms with Gasteiger partial charge >= 0.3 is 5.97 Å². The number of nitrogens with zero attached hydrogens (tertiary/aromatic N) is 3. The van der Waals surface area contributed by atoms with Gasteiger partial charge in [-0.05, 0) is 31.4 Å². The van der Waals surface area contributed by atoms with Gasteiger partial charge in [-0.3, -0.25) is 19.4 Å². The van der Waals surface area contributed by atoms with Gasteiger partial charge in [-0.1, -0.05) is 6.92 Å². The minimum absolute atomic E-state index is 0.0456. The first-order valence-electron chi connectivity index (χ1n) is 8.62. The molecule has 25 heavy (non-hydrogen) atoms. The van der Waals surface area contributed by atoms with Gasteiger partial charge in [0.15, 0.2) is 0 Å². The zero-order valence-corrected chi connectivity index (χ0v) is 14.6. The number of likely N-dealkylation sites (tertiary alicyclic amines) is 2. The van der Waals surface area contributed by atoms with E-state index in [4.69, 9.17) is 0 Å². The summed E-state index contributed by atoms with van der Waals surface area (Å²) in [5.74, 6) is -1.83. The van der Waals surface area contributed by atoms with Gasteiger partial charge in [0, 0.05) is 44.0 Å². The van der Waals surface area contributed by atoms with Crippen molar-refractivity contribution in [2.75, 3.05) is 20.1 Å². The monoisotopic (exact) mass is 345 g/mol. The molecule has 1 spiro atoms. The molecule has 0 aromatic carbocycles. The van der Waals surface area contributed by atoms with Crippen molar-refractivity contribution in [3.8, 4) is 0 Å². The van der Waals surface area contributed by atoms with E-state index in [1.54, 1.807) is 35.2 Å². The Labute approximate surface area is 146 Å². The van der Waals surface area contributed by atoms with E-state index in [1.807, 2.05) is 6.92 Å². The summed E-state index contributed by atoms with van der Waals surface area (Å²) in [4.78, 5) is 43.9. The van der Waals surface area contributed by atoms with Gasteiger partial charge in [-0.25, -0.2) is 0 Å². The number of carbonyl (C=O) groups is 3. The highest BCUT2D eigenvalue weighted by Gasteiger charge is 2.55. The summed E-state index contributed by atoms with van der Waals surface area (Å²) in [5.41, 5.74) is 0.798. The first-order chi connectivity index (χ1) is 11.9. The molecule has 134 valence electrons. The van der Waals surface area contributed by atoms with Crippen LogP contribution in [0.5, 0.6) is 0 Å². The third-order valence-corrected chi connectivity index (χ3v) is 5.71. The molecule has 7 nitrogen and oxygen atoms in total. The third kappa shape index (κ3) is 2.88. The van der Waals surface area contributed by atoms with Gasteiger partial charge in [-0.2, -0.15) is 0 Å². The van der Waals surface area contributed by atoms with E-state index in [-0.39, 0.29) is 18.2 Å². The number of rotatable bonds is 3. The van der Waals surface area contributed by atoms with Crippen LogP contribution in [0.25, 0.3) is 0 Å². The Hall–Kier alpha value is -2.44. The Morgan fingerprint density at radius 2 is 2.04 bits per heavy atom. The van der Waals surface area contributed by atoms with Crippen LogP contribution in [0, 0.1) is 5.92 Å². The van der Waals surface area contributed by atoms with E-state index in [0.717, 1.165) is 12.1 Å². The molecule has 1 N–H and O–H groups in total. The smallest absolute Gasteiger partial charge is 0.309 e. The van der Waals surface area contributed by atoms with E-state index >= 15 is 0 Å². The Balaban J connectivity index is 1.75. The summed E-state index contributed by atoms with van der Waals surface area (Å²) in [6.07, 6.45) is 3.43. The molecule has 0 saturated carbocycles. The predicted octanol–water partition coefficient (Wildman–Crippen LogP) is 1.18. The lowest BCUT2D eigenvalue weighted by molar-refractivity contribution is -0.145. The molecule has 0 radical (unpaired) electrons. The molecule has 2 aliphatic rings. The summed E-state index contributed by atoms with van der Waals surface area (Å²) in [7, 11) is 1.68. The number of carbonyl (C=O) groups excluding carboxylic acids is 2. The van der Waals surface area contributed by atoms with Crippen LogP contribution in [-0.4, -0.2) is 63.4 Å². The van der Waals surface area contributed by atoms with Gasteiger partial charge in [0.1, 0.15) is 0 Å². The maximum absolute atomic E-state index is 12.7. The molecule has 1 atom stereocenters. The molecule has 2 aliphatic heterocycles. The van der Waals surface area contributed by atoms with E-state index in [2.05, 4.69) is 4.98 Å². The molecule has 1 aromatic rings. The molecule has 0 bridgehead atoms. The van der Waals surface area contributed by atoms with Crippen LogP contribution in [0.4, 0.5) is 0 Å². The average Bonchev–Trinajstić information content (AvgIpc) is 2.87. The van der Waals surface area contributed by atoms with Crippen LogP contribution >= 0.6 is 0 Å². The van der Waals surface area contributed by atoms with Crippen LogP contribution in [-0.2, 0) is 16.0 Å². The first kappa shape index (κ1) is 17.4. The van der Waals surface area contributed by atoms with Crippen molar-refractivity contribution < 1.29 is 19.5 Å². The summed E-state index contributed by atoms with van der Waals surface area (Å²) in [6.45, 7) is 2.88. The normalized spacial score (nSPS) is 22.5. The van der Waals surface area contributed by atoms with Gasteiger partial charge in [0.25, 0.3) is 5.91 Å². The number of piperidine rings is 1. The number of aryl methyl sites for hydroxylation is 1. The van der Waals surface area contributed by atoms with Crippen LogP contribution < -0.4 is 0 Å². The van der Waals surface area contributed by atoms with Crippen LogP contribution in [0.15, 0.2) is 18.3 Å². The van der Waals surface area contributed by atoms with Gasteiger partial charge in [0.05, 0.1) is 11.5 Å². The van der Waals surface area contributed by atoms with Crippen molar-refractivity contribution in [2.45, 2.75) is 38.1 Å².